The first kappa shape index (κ1) is 24.5. The molecule has 0 radical (unpaired) electrons. The maximum Gasteiger partial charge on any atom is 0.314 e. The Kier molecular flexibility index (Phi) is 8.60. The molecular weight excluding hydrogens is 422 g/mol. The minimum absolute atomic E-state index is 0.117. The quantitative estimate of drug-likeness (QED) is 0.231. The number of para-hydroxylation sites is 2. The molecule has 0 saturated heterocycles. The first-order valence-electron chi connectivity index (χ1n) is 11.4. The summed E-state index contributed by atoms with van der Waals surface area (Å²) < 4.78 is 15.6. The summed E-state index contributed by atoms with van der Waals surface area (Å²) in [7, 11) is 0. The fourth-order valence-electron chi connectivity index (χ4n) is 3.54. The largest absolute Gasteiger partial charge is 0.450 e. The summed E-state index contributed by atoms with van der Waals surface area (Å²) in [6.07, 6.45) is 4.76. The van der Waals surface area contributed by atoms with Gasteiger partial charge in [-0.2, -0.15) is 0 Å². The van der Waals surface area contributed by atoms with Crippen LogP contribution in [0.4, 0.5) is 0 Å². The number of nitrogens with one attached hydrogen (secondary N) is 1. The van der Waals surface area contributed by atoms with Crippen LogP contribution in [0, 0.1) is 5.92 Å². The number of hydrogen-bond donors (Lipinski definition) is 1. The maximum atomic E-state index is 12.4. The molecule has 7 nitrogen and oxygen atoms in total. The van der Waals surface area contributed by atoms with Gasteiger partial charge in [0.2, 0.25) is 0 Å². The predicted molar refractivity (Wildman–Crippen MR) is 124 cm³/mol. The van der Waals surface area contributed by atoms with Gasteiger partial charge in [0.05, 0.1) is 12.5 Å². The molecule has 0 bridgehead atoms. The summed E-state index contributed by atoms with van der Waals surface area (Å²) in [6.45, 7) is 5.36. The molecule has 2 aliphatic rings. The molecule has 0 aromatic heterocycles. The van der Waals surface area contributed by atoms with E-state index in [1.807, 2.05) is 38.1 Å². The van der Waals surface area contributed by atoms with Crippen LogP contribution in [-0.2, 0) is 9.59 Å². The molecule has 0 atom stereocenters. The first-order valence-corrected chi connectivity index (χ1v) is 11.4. The number of ether oxygens (including phenoxy) is 3. The van der Waals surface area contributed by atoms with Crippen LogP contribution >= 0.6 is 0 Å². The molecule has 0 amide bonds. The molecular formula is C26H31NO6. The highest BCUT2D eigenvalue weighted by molar-refractivity contribution is 5.98. The standard InChI is InChI=1S/C20H27NO5.C6H4O/c1-13(2)21-12-17(23)16-9-10-18(25-14(3)22)19(11-16)26-20(24)15-7-5-4-6-8-15;1-2-4-6-5(3-1)7-6/h9-11,13,15,21H,4-8,12H2,1-3H3;1-4H. The fraction of sp³-hybridized carbons (Fsp3) is 0.423. The normalized spacial score (nSPS) is 14.3. The van der Waals surface area contributed by atoms with Crippen LogP contribution in [0.3, 0.4) is 0 Å². The van der Waals surface area contributed by atoms with Gasteiger partial charge in [0, 0.05) is 18.5 Å². The van der Waals surface area contributed by atoms with Crippen LogP contribution in [0.25, 0.3) is 0 Å². The second-order valence-corrected chi connectivity index (χ2v) is 8.52. The number of carbonyl (C=O) groups excluding carboxylic acids is 3. The van der Waals surface area contributed by atoms with Crippen LogP contribution in [0.15, 0.2) is 42.5 Å². The van der Waals surface area contributed by atoms with Crippen molar-refractivity contribution in [1.82, 2.24) is 5.32 Å². The van der Waals surface area contributed by atoms with Crippen molar-refractivity contribution in [1.29, 1.82) is 0 Å². The third-order valence-corrected chi connectivity index (χ3v) is 5.37. The zero-order valence-electron chi connectivity index (χ0n) is 19.4. The number of hydrogen-bond acceptors (Lipinski definition) is 7. The van der Waals surface area contributed by atoms with Crippen molar-refractivity contribution in [3.05, 3.63) is 48.0 Å². The van der Waals surface area contributed by atoms with Crippen molar-refractivity contribution < 1.29 is 28.6 Å². The molecule has 4 rings (SSSR count). The molecule has 1 fully saturated rings. The van der Waals surface area contributed by atoms with Gasteiger partial charge in [0.25, 0.3) is 0 Å². The van der Waals surface area contributed by atoms with E-state index < -0.39 is 5.97 Å². The van der Waals surface area contributed by atoms with Crippen molar-refractivity contribution in [3.8, 4) is 23.0 Å². The second-order valence-electron chi connectivity index (χ2n) is 8.52. The van der Waals surface area contributed by atoms with Crippen molar-refractivity contribution in [3.63, 3.8) is 0 Å². The van der Waals surface area contributed by atoms with Crippen LogP contribution in [0.5, 0.6) is 23.0 Å². The Morgan fingerprint density at radius 2 is 1.64 bits per heavy atom. The Labute approximate surface area is 194 Å². The number of Topliss-reactive ketones (excluding diaryl/α,β-unsaturated/α-hetero) is 1. The lowest BCUT2D eigenvalue weighted by Crippen LogP contribution is -2.29. The topological polar surface area (TPSA) is 94.2 Å². The van der Waals surface area contributed by atoms with Gasteiger partial charge < -0.3 is 19.5 Å². The average Bonchev–Trinajstić information content (AvgIpc) is 3.59. The molecule has 2 aromatic carbocycles. The Morgan fingerprint density at radius 3 is 2.21 bits per heavy atom. The number of esters is 2. The lowest BCUT2D eigenvalue weighted by atomic mass is 9.89. The van der Waals surface area contributed by atoms with Crippen LogP contribution in [-0.4, -0.2) is 30.3 Å². The van der Waals surface area contributed by atoms with E-state index in [2.05, 4.69) is 5.32 Å². The van der Waals surface area contributed by atoms with E-state index in [4.69, 9.17) is 14.2 Å². The molecule has 1 aliphatic heterocycles. The van der Waals surface area contributed by atoms with E-state index in [1.165, 1.54) is 19.1 Å². The van der Waals surface area contributed by atoms with Crippen molar-refractivity contribution in [2.24, 2.45) is 5.92 Å². The van der Waals surface area contributed by atoms with Gasteiger partial charge in [0.1, 0.15) is 0 Å². The van der Waals surface area contributed by atoms with Gasteiger partial charge in [-0.05, 0) is 43.2 Å². The highest BCUT2D eigenvalue weighted by Gasteiger charge is 2.25. The summed E-state index contributed by atoms with van der Waals surface area (Å²) in [5.41, 5.74) is 0.403. The molecule has 1 saturated carbocycles. The van der Waals surface area contributed by atoms with Gasteiger partial charge in [-0.25, -0.2) is 0 Å². The van der Waals surface area contributed by atoms with E-state index in [0.717, 1.165) is 43.6 Å². The summed E-state index contributed by atoms with van der Waals surface area (Å²) >= 11 is 0. The average molecular weight is 454 g/mol. The summed E-state index contributed by atoms with van der Waals surface area (Å²) in [5.74, 6) is 1.22. The number of ketones is 1. The van der Waals surface area contributed by atoms with E-state index >= 15 is 0 Å². The molecule has 176 valence electrons. The van der Waals surface area contributed by atoms with E-state index in [-0.39, 0.29) is 41.8 Å². The fourth-order valence-corrected chi connectivity index (χ4v) is 3.54. The highest BCUT2D eigenvalue weighted by Crippen LogP contribution is 2.43. The third-order valence-electron chi connectivity index (χ3n) is 5.37. The summed E-state index contributed by atoms with van der Waals surface area (Å²) in [4.78, 5) is 36.1. The Bertz CT molecular complexity index is 973. The van der Waals surface area contributed by atoms with Gasteiger partial charge in [-0.15, -0.1) is 0 Å². The molecule has 1 N–H and O–H groups in total. The van der Waals surface area contributed by atoms with Crippen LogP contribution in [0.1, 0.15) is 63.2 Å². The molecule has 33 heavy (non-hydrogen) atoms. The van der Waals surface area contributed by atoms with Crippen LogP contribution in [0.2, 0.25) is 0 Å². The summed E-state index contributed by atoms with van der Waals surface area (Å²) in [6, 6.07) is 12.6. The minimum Gasteiger partial charge on any atom is -0.450 e. The van der Waals surface area contributed by atoms with E-state index in [9.17, 15) is 14.4 Å². The highest BCUT2D eigenvalue weighted by atomic mass is 16.6. The third kappa shape index (κ3) is 7.71. The number of rotatable bonds is 7. The van der Waals surface area contributed by atoms with Crippen molar-refractivity contribution in [2.75, 3.05) is 6.54 Å². The van der Waals surface area contributed by atoms with Gasteiger partial charge in [-0.3, -0.25) is 14.4 Å². The smallest absolute Gasteiger partial charge is 0.314 e. The maximum absolute atomic E-state index is 12.4. The number of fused-ring (bicyclic) bond motifs is 1. The SMILES string of the molecule is CC(=O)Oc1ccc(C(=O)CNC(C)C)cc1OC(=O)C1CCCCC1.c1ccc2c(c1)O2. The monoisotopic (exact) mass is 453 g/mol. The number of benzene rings is 2. The first-order chi connectivity index (χ1) is 15.8. The zero-order valence-corrected chi connectivity index (χ0v) is 19.4. The molecule has 1 heterocycles. The molecule has 0 spiro atoms. The molecule has 0 unspecified atom stereocenters. The lowest BCUT2D eigenvalue weighted by molar-refractivity contribution is -0.140. The lowest BCUT2D eigenvalue weighted by Gasteiger charge is -2.20. The van der Waals surface area contributed by atoms with Crippen molar-refractivity contribution >= 4 is 17.7 Å². The van der Waals surface area contributed by atoms with Crippen molar-refractivity contribution in [2.45, 2.75) is 58.9 Å². The minimum atomic E-state index is -0.513. The molecule has 2 aromatic rings. The zero-order chi connectivity index (χ0) is 23.8. The molecule has 7 heteroatoms. The Morgan fingerprint density at radius 1 is 0.970 bits per heavy atom. The Balaban J connectivity index is 0.000000364. The summed E-state index contributed by atoms with van der Waals surface area (Å²) in [5, 5.41) is 3.06. The van der Waals surface area contributed by atoms with Crippen LogP contribution < -0.4 is 19.5 Å². The predicted octanol–water partition coefficient (Wildman–Crippen LogP) is 5.07. The molecule has 1 aliphatic carbocycles. The number of carbonyl (C=O) groups is 3. The van der Waals surface area contributed by atoms with Gasteiger partial charge in [-0.1, -0.05) is 45.2 Å². The van der Waals surface area contributed by atoms with E-state index in [0.29, 0.717) is 5.56 Å². The van der Waals surface area contributed by atoms with Gasteiger partial charge >= 0.3 is 11.9 Å². The second kappa shape index (κ2) is 11.6. The van der Waals surface area contributed by atoms with Gasteiger partial charge in [0.15, 0.2) is 28.8 Å². The Hall–Kier alpha value is -3.19. The van der Waals surface area contributed by atoms with E-state index in [1.54, 1.807) is 6.07 Å².